The standard InChI is InChI=1S/C14H16N2O3/c1-3-14(10-8-6-5-7-9-10)11(17)15-13(19)16(4-2)12(14)18/h5-9H,3-4H2,1-2H3,(H,15,17,19). The van der Waals surface area contributed by atoms with Crippen LogP contribution >= 0.6 is 0 Å². The Kier molecular flexibility index (Phi) is 3.38. The van der Waals surface area contributed by atoms with Gasteiger partial charge in [0.1, 0.15) is 0 Å². The van der Waals surface area contributed by atoms with Crippen molar-refractivity contribution in [2.75, 3.05) is 6.54 Å². The van der Waals surface area contributed by atoms with Gasteiger partial charge in [0.25, 0.3) is 5.91 Å². The summed E-state index contributed by atoms with van der Waals surface area (Å²) in [5.41, 5.74) is -0.684. The average Bonchev–Trinajstić information content (AvgIpc) is 2.41. The molecule has 0 saturated carbocycles. The SMILES string of the molecule is CCN1C(=O)NC(=O)C(CC)(c2ccccc2)C1=O. The van der Waals surface area contributed by atoms with E-state index in [2.05, 4.69) is 5.32 Å². The molecule has 1 fully saturated rings. The van der Waals surface area contributed by atoms with Crippen molar-refractivity contribution in [2.24, 2.45) is 0 Å². The summed E-state index contributed by atoms with van der Waals surface area (Å²) in [6, 6.07) is 8.22. The fourth-order valence-corrected chi connectivity index (χ4v) is 2.47. The first-order valence-electron chi connectivity index (χ1n) is 6.30. The molecular formula is C14H16N2O3. The Morgan fingerprint density at radius 2 is 1.74 bits per heavy atom. The van der Waals surface area contributed by atoms with Gasteiger partial charge in [0, 0.05) is 6.54 Å². The van der Waals surface area contributed by atoms with Crippen molar-refractivity contribution in [3.63, 3.8) is 0 Å². The van der Waals surface area contributed by atoms with Crippen LogP contribution in [-0.4, -0.2) is 29.3 Å². The Morgan fingerprint density at radius 3 is 2.26 bits per heavy atom. The Bertz CT molecular complexity index is 527. The van der Waals surface area contributed by atoms with Crippen LogP contribution < -0.4 is 5.32 Å². The highest BCUT2D eigenvalue weighted by molar-refractivity contribution is 6.22. The number of rotatable bonds is 3. The highest BCUT2D eigenvalue weighted by Gasteiger charge is 2.53. The lowest BCUT2D eigenvalue weighted by atomic mass is 9.75. The van der Waals surface area contributed by atoms with Gasteiger partial charge in [-0.1, -0.05) is 37.3 Å². The van der Waals surface area contributed by atoms with Gasteiger partial charge in [-0.25, -0.2) is 4.79 Å². The molecule has 0 aliphatic carbocycles. The first-order valence-corrected chi connectivity index (χ1v) is 6.30. The normalized spacial score (nSPS) is 23.5. The first kappa shape index (κ1) is 13.3. The van der Waals surface area contributed by atoms with Crippen molar-refractivity contribution >= 4 is 17.8 Å². The molecule has 1 heterocycles. The third-order valence-electron chi connectivity index (χ3n) is 3.58. The number of nitrogens with zero attached hydrogens (tertiary/aromatic N) is 1. The van der Waals surface area contributed by atoms with E-state index in [4.69, 9.17) is 0 Å². The first-order chi connectivity index (χ1) is 9.07. The molecule has 1 aliphatic rings. The molecule has 0 bridgehead atoms. The number of hydrogen-bond donors (Lipinski definition) is 1. The molecule has 1 saturated heterocycles. The summed E-state index contributed by atoms with van der Waals surface area (Å²) in [5, 5.41) is 2.28. The summed E-state index contributed by atoms with van der Waals surface area (Å²) in [6.45, 7) is 3.72. The van der Waals surface area contributed by atoms with Gasteiger partial charge in [0.15, 0.2) is 5.41 Å². The second-order valence-electron chi connectivity index (χ2n) is 4.43. The van der Waals surface area contributed by atoms with Crippen LogP contribution in [0, 0.1) is 0 Å². The summed E-state index contributed by atoms with van der Waals surface area (Å²) in [7, 11) is 0. The second kappa shape index (κ2) is 4.84. The van der Waals surface area contributed by atoms with Crippen LogP contribution in [0.25, 0.3) is 0 Å². The number of carbonyl (C=O) groups is 3. The smallest absolute Gasteiger partial charge is 0.276 e. The van der Waals surface area contributed by atoms with E-state index in [1.165, 1.54) is 0 Å². The van der Waals surface area contributed by atoms with Crippen LogP contribution in [0.4, 0.5) is 4.79 Å². The molecule has 1 unspecified atom stereocenters. The minimum Gasteiger partial charge on any atom is -0.276 e. The summed E-state index contributed by atoms with van der Waals surface area (Å²) >= 11 is 0. The monoisotopic (exact) mass is 260 g/mol. The van der Waals surface area contributed by atoms with Crippen molar-refractivity contribution in [3.05, 3.63) is 35.9 Å². The number of carbonyl (C=O) groups excluding carboxylic acids is 3. The summed E-state index contributed by atoms with van der Waals surface area (Å²) < 4.78 is 0. The predicted octanol–water partition coefficient (Wildman–Crippen LogP) is 1.43. The number of nitrogens with one attached hydrogen (secondary N) is 1. The van der Waals surface area contributed by atoms with Crippen LogP contribution in [-0.2, 0) is 15.0 Å². The van der Waals surface area contributed by atoms with Gasteiger partial charge in [-0.15, -0.1) is 0 Å². The van der Waals surface area contributed by atoms with Gasteiger partial charge < -0.3 is 0 Å². The molecule has 1 aliphatic heterocycles. The van der Waals surface area contributed by atoms with E-state index in [-0.39, 0.29) is 6.54 Å². The number of barbiturate groups is 1. The van der Waals surface area contributed by atoms with Crippen molar-refractivity contribution in [2.45, 2.75) is 25.7 Å². The lowest BCUT2D eigenvalue weighted by Gasteiger charge is -2.38. The Balaban J connectivity index is 2.57. The van der Waals surface area contributed by atoms with Crippen LogP contribution in [0.2, 0.25) is 0 Å². The van der Waals surface area contributed by atoms with E-state index in [9.17, 15) is 14.4 Å². The van der Waals surface area contributed by atoms with Crippen LogP contribution in [0.3, 0.4) is 0 Å². The van der Waals surface area contributed by atoms with E-state index in [0.29, 0.717) is 12.0 Å². The third kappa shape index (κ3) is 1.82. The number of amides is 4. The molecule has 1 aromatic rings. The van der Waals surface area contributed by atoms with Gasteiger partial charge in [-0.05, 0) is 18.9 Å². The quantitative estimate of drug-likeness (QED) is 0.836. The third-order valence-corrected chi connectivity index (χ3v) is 3.58. The molecule has 2 rings (SSSR count). The highest BCUT2D eigenvalue weighted by Crippen LogP contribution is 2.33. The zero-order valence-electron chi connectivity index (χ0n) is 11.0. The van der Waals surface area contributed by atoms with Crippen molar-refractivity contribution in [3.8, 4) is 0 Å². The Hall–Kier alpha value is -2.17. The molecule has 4 amide bonds. The number of hydrogen-bond acceptors (Lipinski definition) is 3. The molecular weight excluding hydrogens is 244 g/mol. The molecule has 1 N–H and O–H groups in total. The lowest BCUT2D eigenvalue weighted by molar-refractivity contribution is -0.145. The van der Waals surface area contributed by atoms with Gasteiger partial charge in [-0.2, -0.15) is 0 Å². The topological polar surface area (TPSA) is 66.5 Å². The van der Waals surface area contributed by atoms with Crippen LogP contribution in [0.1, 0.15) is 25.8 Å². The van der Waals surface area contributed by atoms with Gasteiger partial charge in [-0.3, -0.25) is 19.8 Å². The number of likely N-dealkylation sites (N-methyl/N-ethyl adjacent to an activating group) is 1. The van der Waals surface area contributed by atoms with Crippen molar-refractivity contribution in [1.82, 2.24) is 10.2 Å². The maximum absolute atomic E-state index is 12.6. The molecule has 0 spiro atoms. The van der Waals surface area contributed by atoms with E-state index >= 15 is 0 Å². The maximum Gasteiger partial charge on any atom is 0.330 e. The molecule has 5 heteroatoms. The van der Waals surface area contributed by atoms with E-state index in [0.717, 1.165) is 4.90 Å². The van der Waals surface area contributed by atoms with Crippen LogP contribution in [0.5, 0.6) is 0 Å². The summed E-state index contributed by atoms with van der Waals surface area (Å²) in [4.78, 5) is 37.6. The van der Waals surface area contributed by atoms with E-state index in [1.54, 1.807) is 38.1 Å². The van der Waals surface area contributed by atoms with E-state index < -0.39 is 23.3 Å². The molecule has 1 atom stereocenters. The lowest BCUT2D eigenvalue weighted by Crippen LogP contribution is -2.65. The second-order valence-corrected chi connectivity index (χ2v) is 4.43. The molecule has 19 heavy (non-hydrogen) atoms. The number of benzene rings is 1. The van der Waals surface area contributed by atoms with Gasteiger partial charge in [0.2, 0.25) is 5.91 Å². The van der Waals surface area contributed by atoms with Gasteiger partial charge >= 0.3 is 6.03 Å². The molecule has 0 radical (unpaired) electrons. The van der Waals surface area contributed by atoms with E-state index in [1.807, 2.05) is 6.07 Å². The van der Waals surface area contributed by atoms with Crippen molar-refractivity contribution in [1.29, 1.82) is 0 Å². The molecule has 1 aromatic carbocycles. The number of imide groups is 2. The van der Waals surface area contributed by atoms with Crippen LogP contribution in [0.15, 0.2) is 30.3 Å². The summed E-state index contributed by atoms with van der Waals surface area (Å²) in [6.07, 6.45) is 0.311. The largest absolute Gasteiger partial charge is 0.330 e. The molecule has 5 nitrogen and oxygen atoms in total. The average molecular weight is 260 g/mol. The Labute approximate surface area is 111 Å². The fourth-order valence-electron chi connectivity index (χ4n) is 2.47. The zero-order valence-corrected chi connectivity index (χ0v) is 11.0. The molecule has 0 aromatic heterocycles. The van der Waals surface area contributed by atoms with Gasteiger partial charge in [0.05, 0.1) is 0 Å². The number of urea groups is 1. The highest BCUT2D eigenvalue weighted by atomic mass is 16.2. The van der Waals surface area contributed by atoms with Crippen molar-refractivity contribution < 1.29 is 14.4 Å². The Morgan fingerprint density at radius 1 is 1.11 bits per heavy atom. The summed E-state index contributed by atoms with van der Waals surface area (Å²) in [5.74, 6) is -0.988. The predicted molar refractivity (Wildman–Crippen MR) is 69.3 cm³/mol. The minimum atomic E-state index is -1.30. The minimum absolute atomic E-state index is 0.243. The molecule has 100 valence electrons. The zero-order chi connectivity index (χ0) is 14.0. The maximum atomic E-state index is 12.6. The fraction of sp³-hybridized carbons (Fsp3) is 0.357.